The summed E-state index contributed by atoms with van der Waals surface area (Å²) >= 11 is 0. The zero-order chi connectivity index (χ0) is 13.2. The van der Waals surface area contributed by atoms with Crippen LogP contribution >= 0.6 is 0 Å². The number of aromatic nitrogens is 2. The molecule has 0 spiro atoms. The second-order valence-electron chi connectivity index (χ2n) is 4.88. The largest absolute Gasteiger partial charge is 0.497 e. The number of fused-ring (bicyclic) bond motifs is 1. The number of rotatable bonds is 4. The van der Waals surface area contributed by atoms with Crippen molar-refractivity contribution in [3.8, 4) is 5.75 Å². The van der Waals surface area contributed by atoms with Crippen molar-refractivity contribution < 1.29 is 4.74 Å². The van der Waals surface area contributed by atoms with Crippen LogP contribution < -0.4 is 10.1 Å². The van der Waals surface area contributed by atoms with Crippen LogP contribution in [0.4, 0.5) is 0 Å². The number of methoxy groups -OCH3 is 1. The van der Waals surface area contributed by atoms with E-state index in [1.54, 1.807) is 7.11 Å². The molecule has 0 amide bonds. The van der Waals surface area contributed by atoms with Crippen molar-refractivity contribution in [2.24, 2.45) is 0 Å². The Labute approximate surface area is 113 Å². The first-order chi connectivity index (χ1) is 9.33. The van der Waals surface area contributed by atoms with Crippen LogP contribution in [-0.2, 0) is 6.42 Å². The molecule has 1 aliphatic carbocycles. The minimum Gasteiger partial charge on any atom is -0.497 e. The van der Waals surface area contributed by atoms with Crippen molar-refractivity contribution in [3.63, 3.8) is 0 Å². The molecule has 3 rings (SSSR count). The Morgan fingerprint density at radius 2 is 2.37 bits per heavy atom. The average molecular weight is 257 g/mol. The topological polar surface area (TPSA) is 39.1 Å². The quantitative estimate of drug-likeness (QED) is 0.913. The third kappa shape index (κ3) is 2.12. The predicted molar refractivity (Wildman–Crippen MR) is 74.4 cm³/mol. The highest BCUT2D eigenvalue weighted by atomic mass is 16.5. The van der Waals surface area contributed by atoms with Gasteiger partial charge in [-0.2, -0.15) is 0 Å². The van der Waals surface area contributed by atoms with Crippen LogP contribution in [-0.4, -0.2) is 23.2 Å². The molecule has 0 saturated heterocycles. The number of likely N-dealkylation sites (N-methyl/N-ethyl adjacent to an activating group) is 1. The van der Waals surface area contributed by atoms with E-state index in [2.05, 4.69) is 33.9 Å². The molecule has 1 aromatic heterocycles. The fourth-order valence-corrected chi connectivity index (χ4v) is 2.93. The van der Waals surface area contributed by atoms with Gasteiger partial charge in [0.2, 0.25) is 0 Å². The zero-order valence-corrected chi connectivity index (χ0v) is 11.3. The molecule has 0 bridgehead atoms. The van der Waals surface area contributed by atoms with Crippen LogP contribution in [0, 0.1) is 0 Å². The first-order valence-electron chi connectivity index (χ1n) is 6.71. The third-order valence-corrected chi connectivity index (χ3v) is 3.83. The first-order valence-corrected chi connectivity index (χ1v) is 6.71. The Hall–Kier alpha value is -1.81. The Balaban J connectivity index is 1.98. The fraction of sp³-hybridized carbons (Fsp3) is 0.400. The second kappa shape index (κ2) is 5.05. The number of ether oxygens (including phenoxy) is 1. The van der Waals surface area contributed by atoms with Crippen LogP contribution in [0.1, 0.15) is 30.1 Å². The van der Waals surface area contributed by atoms with E-state index < -0.39 is 0 Å². The maximum atomic E-state index is 5.34. The Bertz CT molecular complexity index is 551. The van der Waals surface area contributed by atoms with Gasteiger partial charge in [0.25, 0.3) is 0 Å². The SMILES string of the molecule is CCNC1c2cc(OC)ccc2CC1n1ccnc1. The molecule has 0 aliphatic heterocycles. The number of hydrogen-bond donors (Lipinski definition) is 1. The van der Waals surface area contributed by atoms with E-state index in [9.17, 15) is 0 Å². The maximum absolute atomic E-state index is 5.34. The normalized spacial score (nSPS) is 21.4. The molecular formula is C15H19N3O. The first kappa shape index (κ1) is 12.2. The Morgan fingerprint density at radius 1 is 1.47 bits per heavy atom. The molecule has 0 radical (unpaired) electrons. The lowest BCUT2D eigenvalue weighted by Gasteiger charge is -2.22. The summed E-state index contributed by atoms with van der Waals surface area (Å²) < 4.78 is 7.54. The smallest absolute Gasteiger partial charge is 0.119 e. The van der Waals surface area contributed by atoms with E-state index in [1.165, 1.54) is 11.1 Å². The molecule has 1 heterocycles. The van der Waals surface area contributed by atoms with Crippen molar-refractivity contribution in [3.05, 3.63) is 48.0 Å². The minimum atomic E-state index is 0.323. The van der Waals surface area contributed by atoms with Crippen LogP contribution in [0.2, 0.25) is 0 Å². The van der Waals surface area contributed by atoms with Gasteiger partial charge in [-0.05, 0) is 36.2 Å². The van der Waals surface area contributed by atoms with Gasteiger partial charge in [0.1, 0.15) is 5.75 Å². The van der Waals surface area contributed by atoms with Gasteiger partial charge in [-0.3, -0.25) is 0 Å². The van der Waals surface area contributed by atoms with Crippen molar-refractivity contribution >= 4 is 0 Å². The summed E-state index contributed by atoms with van der Waals surface area (Å²) in [5.41, 5.74) is 2.74. The van der Waals surface area contributed by atoms with Gasteiger partial charge in [-0.25, -0.2) is 4.98 Å². The van der Waals surface area contributed by atoms with Gasteiger partial charge in [0.05, 0.1) is 25.5 Å². The van der Waals surface area contributed by atoms with Gasteiger partial charge >= 0.3 is 0 Å². The molecule has 19 heavy (non-hydrogen) atoms. The molecule has 0 saturated carbocycles. The summed E-state index contributed by atoms with van der Waals surface area (Å²) in [7, 11) is 1.71. The summed E-state index contributed by atoms with van der Waals surface area (Å²) in [6.07, 6.45) is 6.82. The fourth-order valence-electron chi connectivity index (χ4n) is 2.93. The molecule has 1 aliphatic rings. The van der Waals surface area contributed by atoms with E-state index in [-0.39, 0.29) is 0 Å². The highest BCUT2D eigenvalue weighted by Gasteiger charge is 2.33. The lowest BCUT2D eigenvalue weighted by molar-refractivity contribution is 0.384. The highest BCUT2D eigenvalue weighted by molar-refractivity contribution is 5.42. The van der Waals surface area contributed by atoms with Gasteiger partial charge in [0.15, 0.2) is 0 Å². The van der Waals surface area contributed by atoms with E-state index in [4.69, 9.17) is 4.74 Å². The van der Waals surface area contributed by atoms with Gasteiger partial charge < -0.3 is 14.6 Å². The summed E-state index contributed by atoms with van der Waals surface area (Å²) in [5.74, 6) is 0.924. The number of nitrogens with one attached hydrogen (secondary N) is 1. The van der Waals surface area contributed by atoms with Crippen LogP contribution in [0.25, 0.3) is 0 Å². The summed E-state index contributed by atoms with van der Waals surface area (Å²) in [6.45, 7) is 3.09. The molecule has 0 fully saturated rings. The summed E-state index contributed by atoms with van der Waals surface area (Å²) in [5, 5.41) is 3.59. The van der Waals surface area contributed by atoms with Crippen molar-refractivity contribution in [2.45, 2.75) is 25.4 Å². The molecule has 1 aromatic carbocycles. The molecule has 100 valence electrons. The monoisotopic (exact) mass is 257 g/mol. The summed E-state index contributed by atoms with van der Waals surface area (Å²) in [6, 6.07) is 7.08. The van der Waals surface area contributed by atoms with Gasteiger partial charge in [-0.1, -0.05) is 13.0 Å². The molecule has 2 unspecified atom stereocenters. The van der Waals surface area contributed by atoms with Crippen molar-refractivity contribution in [1.82, 2.24) is 14.9 Å². The maximum Gasteiger partial charge on any atom is 0.119 e. The molecule has 4 heteroatoms. The van der Waals surface area contributed by atoms with Crippen molar-refractivity contribution in [1.29, 1.82) is 0 Å². The second-order valence-corrected chi connectivity index (χ2v) is 4.88. The number of imidazole rings is 1. The average Bonchev–Trinajstić information content (AvgIpc) is 3.06. The molecule has 4 nitrogen and oxygen atoms in total. The Kier molecular flexibility index (Phi) is 3.25. The lowest BCUT2D eigenvalue weighted by Crippen LogP contribution is -2.26. The standard InChI is InChI=1S/C15H19N3O/c1-3-17-15-13-9-12(19-2)5-4-11(13)8-14(15)18-7-6-16-10-18/h4-7,9-10,14-15,17H,3,8H2,1-2H3. The number of hydrogen-bond acceptors (Lipinski definition) is 3. The van der Waals surface area contributed by atoms with E-state index in [0.29, 0.717) is 12.1 Å². The van der Waals surface area contributed by atoms with E-state index in [0.717, 1.165) is 18.7 Å². The molecule has 1 N–H and O–H groups in total. The third-order valence-electron chi connectivity index (χ3n) is 3.83. The van der Waals surface area contributed by atoms with Crippen LogP contribution in [0.5, 0.6) is 5.75 Å². The molecule has 2 aromatic rings. The van der Waals surface area contributed by atoms with Gasteiger partial charge in [0, 0.05) is 12.4 Å². The summed E-state index contributed by atoms with van der Waals surface area (Å²) in [4.78, 5) is 4.17. The lowest BCUT2D eigenvalue weighted by atomic mass is 10.1. The highest BCUT2D eigenvalue weighted by Crippen LogP contribution is 2.40. The van der Waals surface area contributed by atoms with E-state index >= 15 is 0 Å². The van der Waals surface area contributed by atoms with E-state index in [1.807, 2.05) is 24.8 Å². The molecular weight excluding hydrogens is 238 g/mol. The van der Waals surface area contributed by atoms with Crippen LogP contribution in [0.15, 0.2) is 36.9 Å². The van der Waals surface area contributed by atoms with Crippen molar-refractivity contribution in [2.75, 3.05) is 13.7 Å². The predicted octanol–water partition coefficient (Wildman–Crippen LogP) is 2.34. The number of nitrogens with zero attached hydrogens (tertiary/aromatic N) is 2. The Morgan fingerprint density at radius 3 is 3.05 bits per heavy atom. The van der Waals surface area contributed by atoms with Crippen LogP contribution in [0.3, 0.4) is 0 Å². The van der Waals surface area contributed by atoms with Gasteiger partial charge in [-0.15, -0.1) is 0 Å². The molecule has 2 atom stereocenters. The minimum absolute atomic E-state index is 0.323. The zero-order valence-electron chi connectivity index (χ0n) is 11.3. The number of benzene rings is 1.